The van der Waals surface area contributed by atoms with E-state index in [0.29, 0.717) is 24.9 Å². The summed E-state index contributed by atoms with van der Waals surface area (Å²) in [6, 6.07) is 12.0. The van der Waals surface area contributed by atoms with E-state index in [1.54, 1.807) is 36.8 Å². The zero-order valence-electron chi connectivity index (χ0n) is 12.4. The third kappa shape index (κ3) is 4.47. The van der Waals surface area contributed by atoms with Gasteiger partial charge in [0.2, 0.25) is 5.95 Å². The van der Waals surface area contributed by atoms with Crippen LogP contribution < -0.4 is 10.6 Å². The molecule has 5 nitrogen and oxygen atoms in total. The van der Waals surface area contributed by atoms with Crippen molar-refractivity contribution in [3.8, 4) is 0 Å². The summed E-state index contributed by atoms with van der Waals surface area (Å²) >= 11 is 0. The summed E-state index contributed by atoms with van der Waals surface area (Å²) in [6.07, 6.45) is 5.22. The van der Waals surface area contributed by atoms with Crippen LogP contribution in [-0.2, 0) is 13.1 Å². The Morgan fingerprint density at radius 1 is 0.870 bits per heavy atom. The first-order valence-corrected chi connectivity index (χ1v) is 7.24. The van der Waals surface area contributed by atoms with E-state index < -0.39 is 0 Å². The Kier molecular flexibility index (Phi) is 4.73. The van der Waals surface area contributed by atoms with Crippen molar-refractivity contribution >= 4 is 11.8 Å². The quantitative estimate of drug-likeness (QED) is 0.732. The van der Waals surface area contributed by atoms with E-state index >= 15 is 0 Å². The van der Waals surface area contributed by atoms with Crippen molar-refractivity contribution in [1.29, 1.82) is 0 Å². The summed E-state index contributed by atoms with van der Waals surface area (Å²) in [5.74, 6) is 1.01. The standard InChI is InChI=1S/C17H16FN5/c18-15-5-3-13(4-6-15)11-21-16-7-9-20-17(23-16)22-12-14-2-1-8-19-10-14/h1-10H,11-12H2,(H2,20,21,22,23). The molecule has 1 aromatic carbocycles. The highest BCUT2D eigenvalue weighted by atomic mass is 19.1. The van der Waals surface area contributed by atoms with Crippen LogP contribution in [0.2, 0.25) is 0 Å². The van der Waals surface area contributed by atoms with Crippen LogP contribution in [0, 0.1) is 5.82 Å². The minimum Gasteiger partial charge on any atom is -0.366 e. The van der Waals surface area contributed by atoms with Crippen LogP contribution in [0.4, 0.5) is 16.2 Å². The van der Waals surface area contributed by atoms with Crippen molar-refractivity contribution in [3.05, 3.63) is 78.0 Å². The van der Waals surface area contributed by atoms with E-state index in [-0.39, 0.29) is 5.82 Å². The van der Waals surface area contributed by atoms with Gasteiger partial charge in [-0.1, -0.05) is 18.2 Å². The second-order valence-electron chi connectivity index (χ2n) is 4.96. The molecule has 0 aliphatic carbocycles. The maximum Gasteiger partial charge on any atom is 0.224 e. The van der Waals surface area contributed by atoms with Gasteiger partial charge in [-0.15, -0.1) is 0 Å². The van der Waals surface area contributed by atoms with Gasteiger partial charge in [0, 0.05) is 31.7 Å². The molecule has 0 spiro atoms. The number of nitrogens with zero attached hydrogens (tertiary/aromatic N) is 3. The Labute approximate surface area is 133 Å². The highest BCUT2D eigenvalue weighted by Gasteiger charge is 2.00. The van der Waals surface area contributed by atoms with Gasteiger partial charge in [0.15, 0.2) is 0 Å². The van der Waals surface area contributed by atoms with Crippen LogP contribution >= 0.6 is 0 Å². The maximum absolute atomic E-state index is 12.9. The zero-order valence-corrected chi connectivity index (χ0v) is 12.4. The normalized spacial score (nSPS) is 10.3. The lowest BCUT2D eigenvalue weighted by atomic mass is 10.2. The number of nitrogens with one attached hydrogen (secondary N) is 2. The molecule has 116 valence electrons. The predicted octanol–water partition coefficient (Wildman–Crippen LogP) is 3.23. The zero-order chi connectivity index (χ0) is 15.9. The molecular weight excluding hydrogens is 293 g/mol. The molecule has 0 atom stereocenters. The number of benzene rings is 1. The predicted molar refractivity (Wildman–Crippen MR) is 87.3 cm³/mol. The number of hydrogen-bond donors (Lipinski definition) is 2. The SMILES string of the molecule is Fc1ccc(CNc2ccnc(NCc3cccnc3)n2)cc1. The van der Waals surface area contributed by atoms with Gasteiger partial charge in [0.25, 0.3) is 0 Å². The van der Waals surface area contributed by atoms with Crippen LogP contribution in [0.1, 0.15) is 11.1 Å². The van der Waals surface area contributed by atoms with E-state index in [1.165, 1.54) is 12.1 Å². The lowest BCUT2D eigenvalue weighted by Gasteiger charge is -2.08. The molecule has 3 aromatic rings. The molecule has 6 heteroatoms. The molecule has 2 heterocycles. The summed E-state index contributed by atoms with van der Waals surface area (Å²) in [5.41, 5.74) is 2.04. The van der Waals surface area contributed by atoms with E-state index in [0.717, 1.165) is 11.1 Å². The number of anilines is 2. The van der Waals surface area contributed by atoms with Crippen molar-refractivity contribution in [1.82, 2.24) is 15.0 Å². The van der Waals surface area contributed by atoms with Gasteiger partial charge in [0.1, 0.15) is 11.6 Å². The third-order valence-electron chi connectivity index (χ3n) is 3.22. The molecule has 0 unspecified atom stereocenters. The lowest BCUT2D eigenvalue weighted by molar-refractivity contribution is 0.627. The molecule has 0 saturated heterocycles. The number of aromatic nitrogens is 3. The van der Waals surface area contributed by atoms with Gasteiger partial charge in [-0.3, -0.25) is 4.98 Å². The van der Waals surface area contributed by atoms with Crippen molar-refractivity contribution in [2.45, 2.75) is 13.1 Å². The minimum atomic E-state index is -0.238. The second-order valence-corrected chi connectivity index (χ2v) is 4.96. The molecule has 3 rings (SSSR count). The summed E-state index contributed by atoms with van der Waals surface area (Å²) in [5, 5.41) is 6.35. The maximum atomic E-state index is 12.9. The third-order valence-corrected chi connectivity index (χ3v) is 3.22. The molecule has 2 N–H and O–H groups in total. The lowest BCUT2D eigenvalue weighted by Crippen LogP contribution is -2.07. The van der Waals surface area contributed by atoms with E-state index in [2.05, 4.69) is 25.6 Å². The topological polar surface area (TPSA) is 62.7 Å². The number of rotatable bonds is 6. The average molecular weight is 309 g/mol. The van der Waals surface area contributed by atoms with Crippen LogP contribution in [0.15, 0.2) is 61.1 Å². The highest BCUT2D eigenvalue weighted by Crippen LogP contribution is 2.10. The molecule has 0 bridgehead atoms. The van der Waals surface area contributed by atoms with E-state index in [9.17, 15) is 4.39 Å². The summed E-state index contributed by atoms with van der Waals surface area (Å²) in [7, 11) is 0. The van der Waals surface area contributed by atoms with Crippen LogP contribution in [0.5, 0.6) is 0 Å². The second kappa shape index (κ2) is 7.31. The number of hydrogen-bond acceptors (Lipinski definition) is 5. The Balaban J connectivity index is 1.57. The van der Waals surface area contributed by atoms with Crippen LogP contribution in [0.25, 0.3) is 0 Å². The fourth-order valence-electron chi connectivity index (χ4n) is 2.02. The molecular formula is C17H16FN5. The summed E-state index contributed by atoms with van der Waals surface area (Å²) in [6.45, 7) is 1.18. The van der Waals surface area contributed by atoms with Gasteiger partial charge >= 0.3 is 0 Å². The average Bonchev–Trinajstić information content (AvgIpc) is 2.61. The van der Waals surface area contributed by atoms with Crippen LogP contribution in [-0.4, -0.2) is 15.0 Å². The van der Waals surface area contributed by atoms with Crippen molar-refractivity contribution in [3.63, 3.8) is 0 Å². The van der Waals surface area contributed by atoms with Crippen LogP contribution in [0.3, 0.4) is 0 Å². The monoisotopic (exact) mass is 309 g/mol. The molecule has 23 heavy (non-hydrogen) atoms. The van der Waals surface area contributed by atoms with Gasteiger partial charge in [0.05, 0.1) is 0 Å². The van der Waals surface area contributed by atoms with E-state index in [1.807, 2.05) is 12.1 Å². The molecule has 0 aliphatic rings. The first-order chi connectivity index (χ1) is 11.3. The molecule has 0 radical (unpaired) electrons. The Morgan fingerprint density at radius 2 is 1.70 bits per heavy atom. The van der Waals surface area contributed by atoms with E-state index in [4.69, 9.17) is 0 Å². The number of halogens is 1. The highest BCUT2D eigenvalue weighted by molar-refractivity contribution is 5.40. The fraction of sp³-hybridized carbons (Fsp3) is 0.118. The molecule has 0 saturated carbocycles. The molecule has 0 aliphatic heterocycles. The van der Waals surface area contributed by atoms with Crippen molar-refractivity contribution in [2.24, 2.45) is 0 Å². The first-order valence-electron chi connectivity index (χ1n) is 7.24. The Morgan fingerprint density at radius 3 is 2.48 bits per heavy atom. The molecule has 0 amide bonds. The van der Waals surface area contributed by atoms with Gasteiger partial charge in [-0.2, -0.15) is 4.98 Å². The molecule has 0 fully saturated rings. The van der Waals surface area contributed by atoms with Gasteiger partial charge in [-0.25, -0.2) is 9.37 Å². The fourth-order valence-corrected chi connectivity index (χ4v) is 2.02. The van der Waals surface area contributed by atoms with Crippen molar-refractivity contribution in [2.75, 3.05) is 10.6 Å². The summed E-state index contributed by atoms with van der Waals surface area (Å²) in [4.78, 5) is 12.6. The number of pyridine rings is 1. The summed E-state index contributed by atoms with van der Waals surface area (Å²) < 4.78 is 12.9. The Hall–Kier alpha value is -3.02. The molecule has 2 aromatic heterocycles. The smallest absolute Gasteiger partial charge is 0.224 e. The Bertz CT molecular complexity index is 746. The first kappa shape index (κ1) is 14.9. The van der Waals surface area contributed by atoms with Gasteiger partial charge in [-0.05, 0) is 35.4 Å². The minimum absolute atomic E-state index is 0.238. The van der Waals surface area contributed by atoms with Crippen molar-refractivity contribution < 1.29 is 4.39 Å². The van der Waals surface area contributed by atoms with Gasteiger partial charge < -0.3 is 10.6 Å². The largest absolute Gasteiger partial charge is 0.366 e.